The minimum atomic E-state index is -0.561. The van der Waals surface area contributed by atoms with Crippen LogP contribution in [0.15, 0.2) is 30.3 Å². The highest BCUT2D eigenvalue weighted by Gasteiger charge is 2.21. The van der Waals surface area contributed by atoms with Crippen LogP contribution in [-0.4, -0.2) is 29.1 Å². The van der Waals surface area contributed by atoms with Gasteiger partial charge >= 0.3 is 5.69 Å². The van der Waals surface area contributed by atoms with Gasteiger partial charge in [-0.3, -0.25) is 10.1 Å². The van der Waals surface area contributed by atoms with Crippen molar-refractivity contribution >= 4 is 28.4 Å². The first-order valence-corrected chi connectivity index (χ1v) is 7.95. The average molecular weight is 364 g/mol. The number of nitro groups is 1. The van der Waals surface area contributed by atoms with Crippen molar-refractivity contribution in [2.24, 2.45) is 0 Å². The number of aromatic nitrogens is 2. The van der Waals surface area contributed by atoms with E-state index in [9.17, 15) is 15.4 Å². The second-order valence-corrected chi connectivity index (χ2v) is 5.81. The fraction of sp³-hybridized carbons (Fsp3) is 0.158. The number of benzene rings is 2. The zero-order valence-electron chi connectivity index (χ0n) is 14.9. The molecule has 0 bridgehead atoms. The Bertz CT molecular complexity index is 1110. The molecule has 2 aromatic carbocycles. The summed E-state index contributed by atoms with van der Waals surface area (Å²) in [4.78, 5) is 18.3. The van der Waals surface area contributed by atoms with Gasteiger partial charge in [-0.2, -0.15) is 5.26 Å². The number of nitrogens with one attached hydrogen (secondary N) is 1. The Balaban J connectivity index is 2.13. The summed E-state index contributed by atoms with van der Waals surface area (Å²) in [6.45, 7) is 1.96. The molecule has 0 aliphatic rings. The summed E-state index contributed by atoms with van der Waals surface area (Å²) in [7, 11) is 2.72. The van der Waals surface area contributed by atoms with Gasteiger partial charge in [0.25, 0.3) is 0 Å². The smallest absolute Gasteiger partial charge is 0.315 e. The van der Waals surface area contributed by atoms with E-state index in [-0.39, 0.29) is 22.8 Å². The molecule has 0 saturated carbocycles. The van der Waals surface area contributed by atoms with Crippen molar-refractivity contribution in [3.8, 4) is 17.6 Å². The number of hydrogen-bond donors (Lipinski definition) is 1. The number of rotatable bonds is 5. The number of nitrogens with zero attached hydrogens (tertiary/aromatic N) is 3. The van der Waals surface area contributed by atoms with Gasteiger partial charge in [0.05, 0.1) is 35.7 Å². The van der Waals surface area contributed by atoms with E-state index in [0.717, 1.165) is 16.6 Å². The molecule has 1 heterocycles. The van der Waals surface area contributed by atoms with Crippen LogP contribution in [0.25, 0.3) is 22.7 Å². The largest absolute Gasteiger partial charge is 0.493 e. The third kappa shape index (κ3) is 3.43. The summed E-state index contributed by atoms with van der Waals surface area (Å²) in [5, 5.41) is 20.9. The number of nitro benzene ring substituents is 1. The second-order valence-electron chi connectivity index (χ2n) is 5.81. The van der Waals surface area contributed by atoms with Gasteiger partial charge in [0.1, 0.15) is 11.9 Å². The Morgan fingerprint density at radius 1 is 1.30 bits per heavy atom. The average Bonchev–Trinajstić information content (AvgIpc) is 3.07. The maximum atomic E-state index is 11.3. The number of hydrogen-bond acceptors (Lipinski definition) is 6. The van der Waals surface area contributed by atoms with E-state index in [1.807, 2.05) is 25.1 Å². The van der Waals surface area contributed by atoms with Gasteiger partial charge in [0.2, 0.25) is 5.75 Å². The second kappa shape index (κ2) is 7.17. The minimum absolute atomic E-state index is 0.0253. The topological polar surface area (TPSA) is 114 Å². The van der Waals surface area contributed by atoms with E-state index in [1.54, 1.807) is 6.07 Å². The number of fused-ring (bicyclic) bond motifs is 1. The quantitative estimate of drug-likeness (QED) is 0.418. The fourth-order valence-corrected chi connectivity index (χ4v) is 2.76. The number of H-pyrrole nitrogens is 1. The number of aromatic amines is 1. The highest BCUT2D eigenvalue weighted by atomic mass is 16.6. The first-order chi connectivity index (χ1) is 13.0. The van der Waals surface area contributed by atoms with Crippen LogP contribution in [0, 0.1) is 28.4 Å². The monoisotopic (exact) mass is 364 g/mol. The van der Waals surface area contributed by atoms with Crippen molar-refractivity contribution in [3.05, 3.63) is 57.4 Å². The normalized spacial score (nSPS) is 11.3. The standard InChI is InChI=1S/C19H16N4O4/c1-11-4-5-14-15(6-11)22-19(21-14)13(10-20)7-12-8-16(23(24)25)18(27-3)17(9-12)26-2/h4-9H,1-3H3,(H,21,22)/b13-7-. The fourth-order valence-electron chi connectivity index (χ4n) is 2.76. The SMILES string of the molecule is COc1cc(/C=C(/C#N)c2nc3ccc(C)cc3[nH]2)cc([N+](=O)[O-])c1OC. The molecule has 1 N–H and O–H groups in total. The summed E-state index contributed by atoms with van der Waals surface area (Å²) in [6, 6.07) is 10.7. The van der Waals surface area contributed by atoms with Crippen LogP contribution < -0.4 is 9.47 Å². The van der Waals surface area contributed by atoms with Crippen molar-refractivity contribution in [1.29, 1.82) is 5.26 Å². The molecule has 1 aromatic heterocycles. The summed E-state index contributed by atoms with van der Waals surface area (Å²) in [5.41, 5.74) is 3.02. The molecule has 3 rings (SSSR count). The van der Waals surface area contributed by atoms with Gasteiger partial charge in [0, 0.05) is 6.07 Å². The molecule has 0 atom stereocenters. The third-order valence-corrected chi connectivity index (χ3v) is 4.00. The molecule has 136 valence electrons. The lowest BCUT2D eigenvalue weighted by Gasteiger charge is -2.09. The Morgan fingerprint density at radius 2 is 2.07 bits per heavy atom. The molecule has 0 aliphatic carbocycles. The van der Waals surface area contributed by atoms with Gasteiger partial charge < -0.3 is 14.5 Å². The predicted molar refractivity (Wildman–Crippen MR) is 101 cm³/mol. The number of allylic oxidation sites excluding steroid dienone is 1. The van der Waals surface area contributed by atoms with Crippen molar-refractivity contribution in [2.45, 2.75) is 6.92 Å². The molecular formula is C19H16N4O4. The van der Waals surface area contributed by atoms with Crippen LogP contribution in [0.5, 0.6) is 11.5 Å². The highest BCUT2D eigenvalue weighted by molar-refractivity contribution is 5.91. The molecule has 8 nitrogen and oxygen atoms in total. The van der Waals surface area contributed by atoms with Crippen LogP contribution in [0.3, 0.4) is 0 Å². The first kappa shape index (κ1) is 17.9. The van der Waals surface area contributed by atoms with Crippen LogP contribution in [-0.2, 0) is 0 Å². The maximum absolute atomic E-state index is 11.3. The van der Waals surface area contributed by atoms with Crippen molar-refractivity contribution in [3.63, 3.8) is 0 Å². The molecular weight excluding hydrogens is 348 g/mol. The number of methoxy groups -OCH3 is 2. The Labute approximate surface area is 154 Å². The van der Waals surface area contributed by atoms with Gasteiger partial charge in [-0.1, -0.05) is 6.07 Å². The first-order valence-electron chi connectivity index (χ1n) is 7.95. The van der Waals surface area contributed by atoms with E-state index in [1.165, 1.54) is 26.4 Å². The summed E-state index contributed by atoms with van der Waals surface area (Å²) >= 11 is 0. The number of imidazole rings is 1. The van der Waals surface area contributed by atoms with Crippen LogP contribution in [0.4, 0.5) is 5.69 Å². The lowest BCUT2D eigenvalue weighted by atomic mass is 10.1. The molecule has 0 aliphatic heterocycles. The molecule has 0 saturated heterocycles. The van der Waals surface area contributed by atoms with Crippen molar-refractivity contribution < 1.29 is 14.4 Å². The number of nitriles is 1. The molecule has 0 amide bonds. The summed E-state index contributed by atoms with van der Waals surface area (Å²) < 4.78 is 10.3. The lowest BCUT2D eigenvalue weighted by molar-refractivity contribution is -0.385. The molecule has 8 heteroatoms. The number of ether oxygens (including phenoxy) is 2. The Hall–Kier alpha value is -3.86. The lowest BCUT2D eigenvalue weighted by Crippen LogP contribution is -1.98. The molecule has 0 radical (unpaired) electrons. The number of aryl methyl sites for hydroxylation is 1. The van der Waals surface area contributed by atoms with E-state index in [0.29, 0.717) is 11.4 Å². The van der Waals surface area contributed by atoms with E-state index in [4.69, 9.17) is 9.47 Å². The summed E-state index contributed by atoms with van der Waals surface area (Å²) in [6.07, 6.45) is 1.51. The highest BCUT2D eigenvalue weighted by Crippen LogP contribution is 2.38. The Kier molecular flexibility index (Phi) is 4.77. The zero-order valence-corrected chi connectivity index (χ0v) is 14.9. The minimum Gasteiger partial charge on any atom is -0.493 e. The van der Waals surface area contributed by atoms with Gasteiger partial charge in [-0.15, -0.1) is 0 Å². The third-order valence-electron chi connectivity index (χ3n) is 4.00. The maximum Gasteiger partial charge on any atom is 0.315 e. The van der Waals surface area contributed by atoms with Crippen LogP contribution >= 0.6 is 0 Å². The Morgan fingerprint density at radius 3 is 2.70 bits per heavy atom. The van der Waals surface area contributed by atoms with E-state index < -0.39 is 4.92 Å². The van der Waals surface area contributed by atoms with Gasteiger partial charge in [0.15, 0.2) is 5.75 Å². The summed E-state index contributed by atoms with van der Waals surface area (Å²) in [5.74, 6) is 0.614. The molecule has 0 spiro atoms. The molecule has 0 unspecified atom stereocenters. The van der Waals surface area contributed by atoms with Crippen LogP contribution in [0.2, 0.25) is 0 Å². The van der Waals surface area contributed by atoms with Crippen LogP contribution in [0.1, 0.15) is 17.0 Å². The van der Waals surface area contributed by atoms with E-state index >= 15 is 0 Å². The molecule has 27 heavy (non-hydrogen) atoms. The molecule has 3 aromatic rings. The predicted octanol–water partition coefficient (Wildman–Crippen LogP) is 3.86. The van der Waals surface area contributed by atoms with Gasteiger partial charge in [-0.05, 0) is 42.3 Å². The van der Waals surface area contributed by atoms with Crippen molar-refractivity contribution in [2.75, 3.05) is 14.2 Å². The van der Waals surface area contributed by atoms with Crippen molar-refractivity contribution in [1.82, 2.24) is 9.97 Å². The molecule has 0 fully saturated rings. The van der Waals surface area contributed by atoms with E-state index in [2.05, 4.69) is 16.0 Å². The zero-order chi connectivity index (χ0) is 19.6. The van der Waals surface area contributed by atoms with Gasteiger partial charge in [-0.25, -0.2) is 4.98 Å².